The minimum atomic E-state index is -4.47. The molecular weight excluding hydrogens is 299 g/mol. The summed E-state index contributed by atoms with van der Waals surface area (Å²) in [7, 11) is 0. The van der Waals surface area contributed by atoms with Gasteiger partial charge < -0.3 is 10.5 Å². The van der Waals surface area contributed by atoms with Gasteiger partial charge in [-0.3, -0.25) is 0 Å². The predicted molar refractivity (Wildman–Crippen MR) is 62.9 cm³/mol. The van der Waals surface area contributed by atoms with Gasteiger partial charge in [-0.25, -0.2) is 0 Å². The summed E-state index contributed by atoms with van der Waals surface area (Å²) in [5.74, 6) is 0.144. The topological polar surface area (TPSA) is 35.2 Å². The van der Waals surface area contributed by atoms with Gasteiger partial charge in [-0.2, -0.15) is 13.2 Å². The van der Waals surface area contributed by atoms with Crippen molar-refractivity contribution in [2.45, 2.75) is 31.7 Å². The van der Waals surface area contributed by atoms with Crippen LogP contribution in [0.4, 0.5) is 13.2 Å². The number of nitrogens with two attached hydrogens (primary N) is 1. The van der Waals surface area contributed by atoms with Gasteiger partial charge in [0.1, 0.15) is 5.75 Å². The van der Waals surface area contributed by atoms with Crippen molar-refractivity contribution in [1.29, 1.82) is 0 Å². The monoisotopic (exact) mass is 311 g/mol. The normalized spacial score (nSPS) is 15.4. The van der Waals surface area contributed by atoms with Crippen LogP contribution in [0.2, 0.25) is 0 Å². The average Bonchev–Trinajstić information content (AvgIpc) is 2.23. The maximum absolute atomic E-state index is 12.7. The molecule has 6 heteroatoms. The second-order valence-electron chi connectivity index (χ2n) is 3.61. The Kier molecular flexibility index (Phi) is 4.82. The molecule has 0 bridgehead atoms. The fraction of sp³-hybridized carbons (Fsp3) is 0.455. The average molecular weight is 312 g/mol. The van der Waals surface area contributed by atoms with E-state index in [1.165, 1.54) is 12.1 Å². The molecule has 2 nitrogen and oxygen atoms in total. The number of alkyl halides is 3. The summed E-state index contributed by atoms with van der Waals surface area (Å²) in [4.78, 5) is 0. The zero-order valence-corrected chi connectivity index (χ0v) is 10.8. The third-order valence-electron chi connectivity index (χ3n) is 2.24. The van der Waals surface area contributed by atoms with E-state index in [2.05, 4.69) is 15.9 Å². The van der Waals surface area contributed by atoms with Crippen molar-refractivity contribution in [2.24, 2.45) is 5.73 Å². The molecule has 2 atom stereocenters. The van der Waals surface area contributed by atoms with Crippen LogP contribution in [-0.2, 0) is 0 Å². The van der Waals surface area contributed by atoms with Gasteiger partial charge in [0.2, 0.25) is 6.10 Å². The van der Waals surface area contributed by atoms with Crippen LogP contribution in [-0.4, -0.2) is 18.3 Å². The van der Waals surface area contributed by atoms with Crippen LogP contribution in [0.15, 0.2) is 28.7 Å². The van der Waals surface area contributed by atoms with Crippen LogP contribution >= 0.6 is 15.9 Å². The van der Waals surface area contributed by atoms with Gasteiger partial charge in [0.05, 0.1) is 6.04 Å². The first-order valence-corrected chi connectivity index (χ1v) is 5.88. The highest BCUT2D eigenvalue weighted by Gasteiger charge is 2.45. The van der Waals surface area contributed by atoms with Gasteiger partial charge in [-0.15, -0.1) is 0 Å². The van der Waals surface area contributed by atoms with Crippen LogP contribution in [0.25, 0.3) is 0 Å². The number of ether oxygens (including phenoxy) is 1. The lowest BCUT2D eigenvalue weighted by Crippen LogP contribution is -2.48. The van der Waals surface area contributed by atoms with Crippen molar-refractivity contribution < 1.29 is 17.9 Å². The predicted octanol–water partition coefficient (Wildman–Crippen LogP) is 3.50. The molecule has 17 heavy (non-hydrogen) atoms. The van der Waals surface area contributed by atoms with Gasteiger partial charge in [0.25, 0.3) is 0 Å². The molecule has 1 rings (SSSR count). The maximum Gasteiger partial charge on any atom is 0.426 e. The molecule has 0 saturated carbocycles. The molecule has 1 aromatic rings. The van der Waals surface area contributed by atoms with E-state index in [1.54, 1.807) is 19.1 Å². The minimum absolute atomic E-state index is 0.144. The number of benzene rings is 1. The van der Waals surface area contributed by atoms with Gasteiger partial charge in [-0.1, -0.05) is 28.9 Å². The molecule has 0 amide bonds. The third-order valence-corrected chi connectivity index (χ3v) is 2.74. The number of hydrogen-bond acceptors (Lipinski definition) is 2. The van der Waals surface area contributed by atoms with E-state index in [9.17, 15) is 13.2 Å². The molecule has 0 aliphatic rings. The Bertz CT molecular complexity index is 370. The highest BCUT2D eigenvalue weighted by molar-refractivity contribution is 9.10. The highest BCUT2D eigenvalue weighted by atomic mass is 79.9. The number of hydrogen-bond donors (Lipinski definition) is 1. The minimum Gasteiger partial charge on any atom is -0.479 e. The molecule has 96 valence electrons. The lowest BCUT2D eigenvalue weighted by atomic mass is 10.1. The number of rotatable bonds is 4. The first-order chi connectivity index (χ1) is 7.84. The molecule has 0 heterocycles. The molecule has 0 spiro atoms. The smallest absolute Gasteiger partial charge is 0.426 e. The van der Waals surface area contributed by atoms with Crippen molar-refractivity contribution in [2.75, 3.05) is 0 Å². The lowest BCUT2D eigenvalue weighted by molar-refractivity contribution is -0.200. The van der Waals surface area contributed by atoms with E-state index >= 15 is 0 Å². The Morgan fingerprint density at radius 2 is 2.06 bits per heavy atom. The Hall–Kier alpha value is -0.750. The van der Waals surface area contributed by atoms with E-state index in [-0.39, 0.29) is 12.2 Å². The molecule has 0 radical (unpaired) electrons. The standard InChI is InChI=1S/C11H13BrF3NO/c1-2-9(16)10(11(13,14)15)17-8-5-3-4-7(12)6-8/h3-6,9-10H,2,16H2,1H3. The second-order valence-corrected chi connectivity index (χ2v) is 4.53. The van der Waals surface area contributed by atoms with Crippen LogP contribution < -0.4 is 10.5 Å². The molecule has 0 saturated heterocycles. The highest BCUT2D eigenvalue weighted by Crippen LogP contribution is 2.28. The molecule has 2 N–H and O–H groups in total. The largest absolute Gasteiger partial charge is 0.479 e. The van der Waals surface area contributed by atoms with Crippen molar-refractivity contribution in [3.8, 4) is 5.75 Å². The molecular formula is C11H13BrF3NO. The summed E-state index contributed by atoms with van der Waals surface area (Å²) in [6.07, 6.45) is -6.27. The summed E-state index contributed by atoms with van der Waals surface area (Å²) in [6, 6.07) is 5.17. The van der Waals surface area contributed by atoms with Crippen molar-refractivity contribution in [3.05, 3.63) is 28.7 Å². The van der Waals surface area contributed by atoms with E-state index in [0.29, 0.717) is 4.47 Å². The fourth-order valence-electron chi connectivity index (χ4n) is 1.30. The summed E-state index contributed by atoms with van der Waals surface area (Å²) in [5, 5.41) is 0. The quantitative estimate of drug-likeness (QED) is 0.923. The Labute approximate surface area is 106 Å². The van der Waals surface area contributed by atoms with E-state index in [4.69, 9.17) is 10.5 Å². The molecule has 0 fully saturated rings. The zero-order valence-electron chi connectivity index (χ0n) is 9.17. The lowest BCUT2D eigenvalue weighted by Gasteiger charge is -2.26. The summed E-state index contributed by atoms with van der Waals surface area (Å²) < 4.78 is 43.8. The van der Waals surface area contributed by atoms with E-state index < -0.39 is 18.3 Å². The first kappa shape index (κ1) is 14.3. The third kappa shape index (κ3) is 4.20. The van der Waals surface area contributed by atoms with Crippen LogP contribution in [0.5, 0.6) is 5.75 Å². The van der Waals surface area contributed by atoms with Gasteiger partial charge in [0, 0.05) is 4.47 Å². The van der Waals surface area contributed by atoms with Crippen molar-refractivity contribution in [1.82, 2.24) is 0 Å². The molecule has 0 aliphatic heterocycles. The van der Waals surface area contributed by atoms with E-state index in [1.807, 2.05) is 0 Å². The van der Waals surface area contributed by atoms with Crippen molar-refractivity contribution in [3.63, 3.8) is 0 Å². The second kappa shape index (κ2) is 5.73. The van der Waals surface area contributed by atoms with Gasteiger partial charge in [0.15, 0.2) is 0 Å². The Balaban J connectivity index is 2.87. The summed E-state index contributed by atoms with van der Waals surface area (Å²) in [6.45, 7) is 1.59. The SMILES string of the molecule is CCC(N)C(Oc1cccc(Br)c1)C(F)(F)F. The van der Waals surface area contributed by atoms with Crippen LogP contribution in [0.1, 0.15) is 13.3 Å². The maximum atomic E-state index is 12.7. The Morgan fingerprint density at radius 3 is 2.53 bits per heavy atom. The van der Waals surface area contributed by atoms with Crippen LogP contribution in [0, 0.1) is 0 Å². The van der Waals surface area contributed by atoms with Crippen LogP contribution in [0.3, 0.4) is 0 Å². The molecule has 1 aromatic carbocycles. The van der Waals surface area contributed by atoms with Crippen molar-refractivity contribution >= 4 is 15.9 Å². The molecule has 0 aliphatic carbocycles. The fourth-order valence-corrected chi connectivity index (χ4v) is 1.68. The molecule has 0 aromatic heterocycles. The summed E-state index contributed by atoms with van der Waals surface area (Å²) >= 11 is 3.16. The van der Waals surface area contributed by atoms with E-state index in [0.717, 1.165) is 0 Å². The first-order valence-electron chi connectivity index (χ1n) is 5.09. The Morgan fingerprint density at radius 1 is 1.41 bits per heavy atom. The van der Waals surface area contributed by atoms with Gasteiger partial charge >= 0.3 is 6.18 Å². The summed E-state index contributed by atoms with van der Waals surface area (Å²) in [5.41, 5.74) is 5.43. The number of halogens is 4. The zero-order chi connectivity index (χ0) is 13.1. The molecule has 2 unspecified atom stereocenters. The van der Waals surface area contributed by atoms with Gasteiger partial charge in [-0.05, 0) is 24.6 Å².